The molecule has 1 aliphatic rings. The molecule has 1 N–H and O–H groups in total. The van der Waals surface area contributed by atoms with Gasteiger partial charge in [0, 0.05) is 42.5 Å². The SMILES string of the molecule is Cc1ccc(NC(=O)N2CCc3c(c(-c4nnc(-c5ccc(F)cc5)o4)nn3C)C2)cc1C. The topological polar surface area (TPSA) is 89.1 Å². The average molecular weight is 446 g/mol. The lowest BCUT2D eigenvalue weighted by Gasteiger charge is -2.27. The van der Waals surface area contributed by atoms with E-state index >= 15 is 0 Å². The quantitative estimate of drug-likeness (QED) is 0.501. The fourth-order valence-electron chi connectivity index (χ4n) is 3.99. The average Bonchev–Trinajstić information content (AvgIpc) is 3.41. The highest BCUT2D eigenvalue weighted by Gasteiger charge is 2.29. The monoisotopic (exact) mass is 446 g/mol. The molecule has 9 heteroatoms. The van der Waals surface area contributed by atoms with Crippen LogP contribution in [0.3, 0.4) is 0 Å². The third kappa shape index (κ3) is 3.97. The van der Waals surface area contributed by atoms with Crippen molar-refractivity contribution in [3.8, 4) is 23.0 Å². The van der Waals surface area contributed by atoms with E-state index in [9.17, 15) is 9.18 Å². The molecule has 0 aliphatic carbocycles. The lowest BCUT2D eigenvalue weighted by atomic mass is 10.1. The van der Waals surface area contributed by atoms with E-state index in [1.165, 1.54) is 17.7 Å². The lowest BCUT2D eigenvalue weighted by molar-refractivity contribution is 0.206. The zero-order chi connectivity index (χ0) is 23.1. The summed E-state index contributed by atoms with van der Waals surface area (Å²) in [6.45, 7) is 5.01. The van der Waals surface area contributed by atoms with Gasteiger partial charge in [0.15, 0.2) is 5.69 Å². The Kier molecular flexibility index (Phi) is 5.16. The first kappa shape index (κ1) is 20.9. The van der Waals surface area contributed by atoms with Crippen LogP contribution in [0.2, 0.25) is 0 Å². The molecule has 3 heterocycles. The minimum absolute atomic E-state index is 0.170. The molecule has 2 aromatic heterocycles. The van der Waals surface area contributed by atoms with Crippen LogP contribution in [-0.2, 0) is 20.0 Å². The maximum atomic E-state index is 13.2. The van der Waals surface area contributed by atoms with Crippen molar-refractivity contribution in [3.63, 3.8) is 0 Å². The van der Waals surface area contributed by atoms with Gasteiger partial charge in [-0.3, -0.25) is 4.68 Å². The third-order valence-electron chi connectivity index (χ3n) is 6.01. The van der Waals surface area contributed by atoms with E-state index in [1.807, 2.05) is 39.1 Å². The van der Waals surface area contributed by atoms with Crippen LogP contribution in [-0.4, -0.2) is 37.5 Å². The normalized spacial score (nSPS) is 13.2. The number of urea groups is 1. The van der Waals surface area contributed by atoms with Crippen molar-refractivity contribution >= 4 is 11.7 Å². The number of carbonyl (C=O) groups excluding carboxylic acids is 1. The molecule has 168 valence electrons. The van der Waals surface area contributed by atoms with Gasteiger partial charge in [-0.2, -0.15) is 5.10 Å². The second-order valence-corrected chi connectivity index (χ2v) is 8.22. The van der Waals surface area contributed by atoms with Gasteiger partial charge in [0.1, 0.15) is 5.82 Å². The van der Waals surface area contributed by atoms with Crippen molar-refractivity contribution in [2.75, 3.05) is 11.9 Å². The molecule has 4 aromatic rings. The molecule has 2 aromatic carbocycles. The zero-order valence-corrected chi connectivity index (χ0v) is 18.6. The summed E-state index contributed by atoms with van der Waals surface area (Å²) in [4.78, 5) is 14.7. The molecule has 5 rings (SSSR count). The number of benzene rings is 2. The van der Waals surface area contributed by atoms with E-state index in [2.05, 4.69) is 20.6 Å². The van der Waals surface area contributed by atoms with Crippen LogP contribution in [0.25, 0.3) is 23.0 Å². The van der Waals surface area contributed by atoms with Gasteiger partial charge < -0.3 is 14.6 Å². The van der Waals surface area contributed by atoms with Gasteiger partial charge in [-0.05, 0) is 61.4 Å². The number of rotatable bonds is 3. The second kappa shape index (κ2) is 8.16. The third-order valence-corrected chi connectivity index (χ3v) is 6.01. The Bertz CT molecular complexity index is 1340. The fraction of sp³-hybridized carbons (Fsp3) is 0.250. The summed E-state index contributed by atoms with van der Waals surface area (Å²) < 4.78 is 20.9. The number of halogens is 1. The van der Waals surface area contributed by atoms with E-state index in [4.69, 9.17) is 4.42 Å². The van der Waals surface area contributed by atoms with Gasteiger partial charge in [-0.15, -0.1) is 10.2 Å². The number of carbonyl (C=O) groups is 1. The molecule has 0 unspecified atom stereocenters. The Morgan fingerprint density at radius 1 is 1.06 bits per heavy atom. The van der Waals surface area contributed by atoms with E-state index in [1.54, 1.807) is 21.7 Å². The summed E-state index contributed by atoms with van der Waals surface area (Å²) in [7, 11) is 1.87. The van der Waals surface area contributed by atoms with Crippen LogP contribution >= 0.6 is 0 Å². The number of aryl methyl sites for hydroxylation is 3. The van der Waals surface area contributed by atoms with Gasteiger partial charge >= 0.3 is 6.03 Å². The number of hydrogen-bond donors (Lipinski definition) is 1. The molecule has 0 radical (unpaired) electrons. The van der Waals surface area contributed by atoms with E-state index in [-0.39, 0.29) is 23.6 Å². The Balaban J connectivity index is 1.39. The first-order chi connectivity index (χ1) is 15.9. The van der Waals surface area contributed by atoms with E-state index < -0.39 is 0 Å². The molecule has 2 amide bonds. The van der Waals surface area contributed by atoms with E-state index in [0.29, 0.717) is 30.8 Å². The Hall–Kier alpha value is -4.01. The summed E-state index contributed by atoms with van der Waals surface area (Å²) in [6, 6.07) is 11.5. The maximum Gasteiger partial charge on any atom is 0.322 e. The second-order valence-electron chi connectivity index (χ2n) is 8.22. The van der Waals surface area contributed by atoms with Crippen molar-refractivity contribution in [1.29, 1.82) is 0 Å². The van der Waals surface area contributed by atoms with Crippen LogP contribution in [0.4, 0.5) is 14.9 Å². The van der Waals surface area contributed by atoms with Crippen molar-refractivity contribution < 1.29 is 13.6 Å². The lowest BCUT2D eigenvalue weighted by Crippen LogP contribution is -2.39. The predicted molar refractivity (Wildman–Crippen MR) is 121 cm³/mol. The summed E-state index contributed by atoms with van der Waals surface area (Å²) >= 11 is 0. The molecule has 0 atom stereocenters. The van der Waals surface area contributed by atoms with Crippen molar-refractivity contribution in [2.45, 2.75) is 26.8 Å². The van der Waals surface area contributed by atoms with Crippen molar-refractivity contribution in [2.24, 2.45) is 7.05 Å². The molecular formula is C24H23FN6O2. The van der Waals surface area contributed by atoms with Gasteiger partial charge in [0.05, 0.1) is 6.54 Å². The minimum Gasteiger partial charge on any atom is -0.415 e. The number of anilines is 1. The number of amides is 2. The van der Waals surface area contributed by atoms with Crippen molar-refractivity contribution in [3.05, 3.63) is 70.7 Å². The molecule has 0 saturated heterocycles. The van der Waals surface area contributed by atoms with Crippen LogP contribution in [0.1, 0.15) is 22.4 Å². The smallest absolute Gasteiger partial charge is 0.322 e. The zero-order valence-electron chi connectivity index (χ0n) is 18.6. The molecule has 0 spiro atoms. The maximum absolute atomic E-state index is 13.2. The highest BCUT2D eigenvalue weighted by atomic mass is 19.1. The molecule has 8 nitrogen and oxygen atoms in total. The molecule has 0 saturated carbocycles. The molecule has 1 aliphatic heterocycles. The van der Waals surface area contributed by atoms with Gasteiger partial charge in [-0.25, -0.2) is 9.18 Å². The van der Waals surface area contributed by atoms with Crippen LogP contribution < -0.4 is 5.32 Å². The number of hydrogen-bond acceptors (Lipinski definition) is 5. The summed E-state index contributed by atoms with van der Waals surface area (Å²) in [5, 5.41) is 15.8. The predicted octanol–water partition coefficient (Wildman–Crippen LogP) is 4.48. The summed E-state index contributed by atoms with van der Waals surface area (Å²) in [6.07, 6.45) is 0.665. The van der Waals surface area contributed by atoms with Crippen molar-refractivity contribution in [1.82, 2.24) is 24.9 Å². The van der Waals surface area contributed by atoms with Crippen LogP contribution in [0.15, 0.2) is 46.9 Å². The molecule has 0 bridgehead atoms. The summed E-state index contributed by atoms with van der Waals surface area (Å²) in [5.41, 5.74) is 6.15. The number of nitrogens with one attached hydrogen (secondary N) is 1. The van der Waals surface area contributed by atoms with Crippen LogP contribution in [0.5, 0.6) is 0 Å². The Labute approximate surface area is 190 Å². The van der Waals surface area contributed by atoms with Gasteiger partial charge in [-0.1, -0.05) is 6.07 Å². The number of aromatic nitrogens is 4. The Morgan fingerprint density at radius 3 is 2.58 bits per heavy atom. The highest BCUT2D eigenvalue weighted by molar-refractivity contribution is 5.89. The highest BCUT2D eigenvalue weighted by Crippen LogP contribution is 2.31. The largest absolute Gasteiger partial charge is 0.415 e. The first-order valence-electron chi connectivity index (χ1n) is 10.7. The molecule has 0 fully saturated rings. The minimum atomic E-state index is -0.337. The van der Waals surface area contributed by atoms with Gasteiger partial charge in [0.25, 0.3) is 5.89 Å². The standard InChI is InChI=1S/C24H23FN6O2/c1-14-4-9-18(12-15(14)2)26-24(32)31-11-10-20-19(13-31)21(29-30(20)3)23-28-27-22(33-23)16-5-7-17(25)8-6-16/h4-9,12H,10-11,13H2,1-3H3,(H,26,32). The fourth-order valence-corrected chi connectivity index (χ4v) is 3.99. The van der Waals surface area contributed by atoms with E-state index in [0.717, 1.165) is 22.5 Å². The molecule has 33 heavy (non-hydrogen) atoms. The number of fused-ring (bicyclic) bond motifs is 1. The Morgan fingerprint density at radius 2 is 1.82 bits per heavy atom. The summed E-state index contributed by atoms with van der Waals surface area (Å²) in [5.74, 6) is 0.212. The first-order valence-corrected chi connectivity index (χ1v) is 10.7. The van der Waals surface area contributed by atoms with Gasteiger partial charge in [0.2, 0.25) is 5.89 Å². The van der Waals surface area contributed by atoms with Crippen LogP contribution in [0, 0.1) is 19.7 Å². The number of nitrogens with zero attached hydrogens (tertiary/aromatic N) is 5. The molecular weight excluding hydrogens is 423 g/mol.